The molecule has 0 unspecified atom stereocenters. The molecule has 5 N–H and O–H groups in total. The Kier molecular flexibility index (Phi) is 11.9. The van der Waals surface area contributed by atoms with Crippen molar-refractivity contribution in [1.29, 1.82) is 0 Å². The van der Waals surface area contributed by atoms with E-state index < -0.39 is 106 Å². The minimum atomic E-state index is -4.70. The number of ketones is 2. The molecular formula is C33H30N4O14S2Te. The molecule has 0 radical (unpaired) electrons. The van der Waals surface area contributed by atoms with Crippen LogP contribution in [0.5, 0.6) is 0 Å². The summed E-state index contributed by atoms with van der Waals surface area (Å²) < 4.78 is 70.0. The zero-order chi connectivity index (χ0) is 39.6. The van der Waals surface area contributed by atoms with Crippen LogP contribution in [0.4, 0.5) is 5.69 Å². The molecular weight excluding hydrogens is 868 g/mol. The summed E-state index contributed by atoms with van der Waals surface area (Å²) >= 11 is -1.55. The molecule has 0 saturated heterocycles. The van der Waals surface area contributed by atoms with Crippen molar-refractivity contribution in [2.45, 2.75) is 42.5 Å². The number of rotatable bonds is 16. The van der Waals surface area contributed by atoms with Crippen molar-refractivity contribution < 1.29 is 69.8 Å². The number of para-hydroxylation sites is 1. The minimum absolute atomic E-state index is 0.176. The fraction of sp³-hybridized carbons (Fsp3) is 0.273. The zero-order valence-corrected chi connectivity index (χ0v) is 31.8. The zero-order valence-electron chi connectivity index (χ0n) is 27.8. The van der Waals surface area contributed by atoms with Crippen molar-refractivity contribution in [2.75, 3.05) is 24.5 Å². The number of aryl methyl sites for hydroxylation is 1. The van der Waals surface area contributed by atoms with Crippen molar-refractivity contribution in [2.24, 2.45) is 4.99 Å². The van der Waals surface area contributed by atoms with Crippen LogP contribution in [0.1, 0.15) is 35.0 Å². The topological polar surface area (TPSA) is 289 Å². The molecule has 5 rings (SSSR count). The number of carboxylic acids is 2. The van der Waals surface area contributed by atoms with Gasteiger partial charge in [0.25, 0.3) is 0 Å². The summed E-state index contributed by atoms with van der Waals surface area (Å²) in [7, 11) is -9.28. The van der Waals surface area contributed by atoms with Crippen LogP contribution in [0.2, 0.25) is 0 Å². The van der Waals surface area contributed by atoms with Crippen LogP contribution in [0, 0.1) is 0 Å². The summed E-state index contributed by atoms with van der Waals surface area (Å²) in [5.74, 6) is -6.43. The molecule has 0 fully saturated rings. The van der Waals surface area contributed by atoms with Gasteiger partial charge in [-0.2, -0.15) is 8.42 Å². The van der Waals surface area contributed by atoms with E-state index in [-0.39, 0.29) is 41.5 Å². The predicted octanol–water partition coefficient (Wildman–Crippen LogP) is -0.320. The van der Waals surface area contributed by atoms with Gasteiger partial charge in [-0.25, -0.2) is 0 Å². The summed E-state index contributed by atoms with van der Waals surface area (Å²) in [5, 5.41) is 34.0. The number of allylic oxidation sites excluding steroid dienone is 4. The molecule has 0 atom stereocenters. The molecule has 0 spiro atoms. The van der Waals surface area contributed by atoms with E-state index in [1.165, 1.54) is 53.5 Å². The second-order valence-electron chi connectivity index (χ2n) is 12.1. The van der Waals surface area contributed by atoms with Gasteiger partial charge in [-0.15, -0.1) is 0 Å². The van der Waals surface area contributed by atoms with Crippen molar-refractivity contribution in [3.05, 3.63) is 80.4 Å². The molecule has 0 amide bonds. The van der Waals surface area contributed by atoms with E-state index in [0.29, 0.717) is 25.5 Å². The number of aromatic nitrogens is 1. The van der Waals surface area contributed by atoms with E-state index in [1.54, 1.807) is 10.6 Å². The predicted molar refractivity (Wildman–Crippen MR) is 186 cm³/mol. The van der Waals surface area contributed by atoms with Gasteiger partial charge in [-0.1, -0.05) is 0 Å². The summed E-state index contributed by atoms with van der Waals surface area (Å²) in [4.78, 5) is 66.6. The molecule has 18 nitrogen and oxygen atoms in total. The number of aliphatic imine (C=N–C) groups is 1. The van der Waals surface area contributed by atoms with Crippen LogP contribution in [0.15, 0.2) is 81.0 Å². The van der Waals surface area contributed by atoms with E-state index in [4.69, 9.17) is 0 Å². The molecule has 3 aromatic rings. The first-order valence-electron chi connectivity index (χ1n) is 15.8. The van der Waals surface area contributed by atoms with Crippen molar-refractivity contribution in [1.82, 2.24) is 4.72 Å². The molecule has 1 aliphatic carbocycles. The van der Waals surface area contributed by atoms with Gasteiger partial charge in [-0.3, -0.25) is 4.55 Å². The van der Waals surface area contributed by atoms with Gasteiger partial charge in [0.15, 0.2) is 0 Å². The maximum absolute atomic E-state index is 14.0. The number of carbonyl (C=O) groups is 4. The molecule has 0 bridgehead atoms. The van der Waals surface area contributed by atoms with Crippen molar-refractivity contribution in [3.63, 3.8) is 0 Å². The van der Waals surface area contributed by atoms with Gasteiger partial charge in [-0.05, 0) is 0 Å². The third-order valence-corrected chi connectivity index (χ3v) is 13.3. The Hall–Kier alpha value is -4.84. The van der Waals surface area contributed by atoms with Gasteiger partial charge >= 0.3 is 305 Å². The summed E-state index contributed by atoms with van der Waals surface area (Å²) in [6.45, 7) is -0.376. The Morgan fingerprint density at radius 1 is 1.00 bits per heavy atom. The number of carbonyl (C=O) groups excluding carboxylic acids is 3. The SMILES string of the molecule is O=C=NCCCC[n+]1c(C=C2C(=O)C(=O)C(C=C3N(CCNS(=O)(=O)O)c4ccccc4C3(CC(=O)O)CC(=O)O)=C2[O-])[te]c2cc(S(=O)(=O)O)ccc21. The Labute approximate surface area is 316 Å². The van der Waals surface area contributed by atoms with Crippen LogP contribution >= 0.6 is 0 Å². The molecule has 54 heavy (non-hydrogen) atoms. The number of fused-ring (bicyclic) bond motifs is 2. The van der Waals surface area contributed by atoms with E-state index in [0.717, 1.165) is 6.08 Å². The number of nitrogens with one attached hydrogen (secondary N) is 1. The number of hydrogen-bond donors (Lipinski definition) is 5. The van der Waals surface area contributed by atoms with Gasteiger partial charge in [0.2, 0.25) is 0 Å². The van der Waals surface area contributed by atoms with E-state index >= 15 is 0 Å². The van der Waals surface area contributed by atoms with Gasteiger partial charge in [0.1, 0.15) is 0 Å². The van der Waals surface area contributed by atoms with Gasteiger partial charge in [0, 0.05) is 0 Å². The van der Waals surface area contributed by atoms with Crippen LogP contribution < -0.4 is 19.3 Å². The maximum atomic E-state index is 14.0. The summed E-state index contributed by atoms with van der Waals surface area (Å²) in [5.41, 5.74) is -2.42. The molecule has 0 saturated carbocycles. The second-order valence-corrected chi connectivity index (χ2v) is 17.8. The number of carboxylic acid groups (broad SMARTS) is 2. The molecule has 284 valence electrons. The van der Waals surface area contributed by atoms with Crippen LogP contribution in [-0.4, -0.2) is 106 Å². The number of anilines is 1. The first kappa shape index (κ1) is 40.3. The molecule has 1 aromatic heterocycles. The standard InChI is InChI=1S/C33H30N4O14S2Te/c38-18-34-9-3-4-11-37-24-8-7-19(52(46,47)48)13-25(24)54-27(37)15-21-30(43)20(31(44)32(21)45)14-26-33(16-28(39)40,17-29(41)42)22-5-1-2-6-23(22)36(26)12-10-35-53(49,50)51/h1-2,5-8,13-15,35H,3-4,9-12,16-17H2,(H4-,39,40,41,42,43,44,45,46,47,48,49,50,51). The Morgan fingerprint density at radius 2 is 1.69 bits per heavy atom. The van der Waals surface area contributed by atoms with Crippen molar-refractivity contribution in [3.8, 4) is 0 Å². The Bertz CT molecular complexity index is 2450. The third-order valence-electron chi connectivity index (χ3n) is 8.72. The first-order valence-corrected chi connectivity index (χ1v) is 21.0. The average molecular weight is 898 g/mol. The van der Waals surface area contributed by atoms with Gasteiger partial charge in [0.05, 0.1) is 0 Å². The fourth-order valence-corrected chi connectivity index (χ4v) is 11.0. The molecule has 2 aromatic carbocycles. The van der Waals surface area contributed by atoms with Crippen molar-refractivity contribution >= 4 is 91.1 Å². The molecule has 2 heterocycles. The number of benzene rings is 2. The number of aliphatic carboxylic acids is 2. The normalized spacial score (nSPS) is 17.1. The summed E-state index contributed by atoms with van der Waals surface area (Å²) in [6.07, 6.45) is 2.82. The molecule has 2 aliphatic rings. The van der Waals surface area contributed by atoms with Crippen LogP contribution in [0.3, 0.4) is 0 Å². The quantitative estimate of drug-likeness (QED) is 0.0180. The third kappa shape index (κ3) is 8.43. The number of nitrogens with zero attached hydrogens (tertiary/aromatic N) is 3. The number of hydrogen-bond acceptors (Lipinski definition) is 12. The number of unbranched alkanes of at least 4 members (excludes halogenated alkanes) is 1. The molecule has 1 aliphatic heterocycles. The summed E-state index contributed by atoms with van der Waals surface area (Å²) in [6, 6.07) is 9.93. The molecule has 21 heteroatoms. The number of isocyanates is 1. The van der Waals surface area contributed by atoms with E-state index in [2.05, 4.69) is 4.99 Å². The Balaban J connectivity index is 1.70. The number of Topliss-reactive ketones (excluding diaryl/α,β-unsaturated/α-hetero) is 2. The first-order chi connectivity index (χ1) is 25.4. The monoisotopic (exact) mass is 900 g/mol. The fourth-order valence-electron chi connectivity index (χ4n) is 6.54. The van der Waals surface area contributed by atoms with E-state index in [1.807, 2.05) is 4.72 Å². The Morgan fingerprint density at radius 3 is 2.31 bits per heavy atom. The van der Waals surface area contributed by atoms with Crippen LogP contribution in [-0.2, 0) is 56.4 Å². The van der Waals surface area contributed by atoms with E-state index in [9.17, 15) is 65.2 Å². The second kappa shape index (κ2) is 15.9. The average Bonchev–Trinajstić information content (AvgIpc) is 3.61. The van der Waals surface area contributed by atoms with Crippen LogP contribution in [0.25, 0.3) is 15.0 Å². The van der Waals surface area contributed by atoms with Gasteiger partial charge < -0.3 is 0 Å².